The molecule has 0 fully saturated rings. The van der Waals surface area contributed by atoms with Gasteiger partial charge in [0.2, 0.25) is 0 Å². The number of thiophene rings is 1. The van der Waals surface area contributed by atoms with E-state index in [0.717, 1.165) is 19.6 Å². The second kappa shape index (κ2) is 4.96. The van der Waals surface area contributed by atoms with Crippen LogP contribution in [0.5, 0.6) is 0 Å². The molecule has 0 aliphatic carbocycles. The highest BCUT2D eigenvalue weighted by Gasteiger charge is 2.20. The third-order valence-electron chi connectivity index (χ3n) is 2.16. The molecule has 0 radical (unpaired) electrons. The van der Waals surface area contributed by atoms with Crippen LogP contribution in [0.15, 0.2) is 11.4 Å². The third-order valence-corrected chi connectivity index (χ3v) is 3.16. The summed E-state index contributed by atoms with van der Waals surface area (Å²) >= 11 is 1.85. The number of hydrogen-bond acceptors (Lipinski definition) is 3. The highest BCUT2D eigenvalue weighted by molar-refractivity contribution is 7.10. The maximum absolute atomic E-state index is 5.65. The Hall–Kier alpha value is -0.0900. The SMILES string of the molecule is CNCC1OCCc2sccc21.Cl. The highest BCUT2D eigenvalue weighted by Crippen LogP contribution is 2.30. The van der Waals surface area contributed by atoms with Gasteiger partial charge in [0.25, 0.3) is 0 Å². The summed E-state index contributed by atoms with van der Waals surface area (Å²) in [5.74, 6) is 0. The average Bonchev–Trinajstić information content (AvgIpc) is 2.53. The Kier molecular flexibility index (Phi) is 4.19. The molecule has 1 N–H and O–H groups in total. The Balaban J connectivity index is 0.000000845. The molecule has 1 unspecified atom stereocenters. The zero-order valence-electron chi connectivity index (χ0n) is 7.58. The van der Waals surface area contributed by atoms with Gasteiger partial charge < -0.3 is 10.1 Å². The quantitative estimate of drug-likeness (QED) is 0.822. The summed E-state index contributed by atoms with van der Waals surface area (Å²) in [4.78, 5) is 1.50. The van der Waals surface area contributed by atoms with Gasteiger partial charge in [0.05, 0.1) is 12.7 Å². The monoisotopic (exact) mass is 219 g/mol. The Morgan fingerprint density at radius 1 is 1.69 bits per heavy atom. The first-order valence-electron chi connectivity index (χ1n) is 4.24. The molecular weight excluding hydrogens is 206 g/mol. The molecule has 0 saturated heterocycles. The zero-order valence-corrected chi connectivity index (χ0v) is 9.21. The number of halogens is 1. The summed E-state index contributed by atoms with van der Waals surface area (Å²) in [5, 5.41) is 5.30. The average molecular weight is 220 g/mol. The lowest BCUT2D eigenvalue weighted by atomic mass is 10.1. The van der Waals surface area contributed by atoms with Gasteiger partial charge in [0.1, 0.15) is 0 Å². The van der Waals surface area contributed by atoms with E-state index in [2.05, 4.69) is 16.8 Å². The van der Waals surface area contributed by atoms with Crippen LogP contribution in [0, 0.1) is 0 Å². The Labute approximate surface area is 88.7 Å². The van der Waals surface area contributed by atoms with Crippen LogP contribution in [0.2, 0.25) is 0 Å². The van der Waals surface area contributed by atoms with E-state index in [1.165, 1.54) is 10.4 Å². The molecule has 2 rings (SSSR count). The lowest BCUT2D eigenvalue weighted by molar-refractivity contribution is 0.0451. The second-order valence-electron chi connectivity index (χ2n) is 2.97. The molecule has 2 nitrogen and oxygen atoms in total. The van der Waals surface area contributed by atoms with E-state index in [-0.39, 0.29) is 18.5 Å². The molecule has 0 aromatic carbocycles. The van der Waals surface area contributed by atoms with E-state index in [9.17, 15) is 0 Å². The fourth-order valence-corrected chi connectivity index (χ4v) is 2.49. The molecule has 1 aliphatic heterocycles. The van der Waals surface area contributed by atoms with Crippen molar-refractivity contribution < 1.29 is 4.74 Å². The van der Waals surface area contributed by atoms with Crippen LogP contribution in [-0.4, -0.2) is 20.2 Å². The minimum atomic E-state index is 0. The fourth-order valence-electron chi connectivity index (χ4n) is 1.58. The predicted octanol–water partition coefficient (Wildman–Crippen LogP) is 2.00. The van der Waals surface area contributed by atoms with Crippen LogP contribution in [0.3, 0.4) is 0 Å². The molecule has 0 spiro atoms. The largest absolute Gasteiger partial charge is 0.372 e. The smallest absolute Gasteiger partial charge is 0.0959 e. The fraction of sp³-hybridized carbons (Fsp3) is 0.556. The number of ether oxygens (including phenoxy) is 1. The molecule has 13 heavy (non-hydrogen) atoms. The van der Waals surface area contributed by atoms with Crippen LogP contribution >= 0.6 is 23.7 Å². The lowest BCUT2D eigenvalue weighted by Crippen LogP contribution is -2.24. The van der Waals surface area contributed by atoms with Crippen molar-refractivity contribution in [3.63, 3.8) is 0 Å². The van der Waals surface area contributed by atoms with Gasteiger partial charge in [0.15, 0.2) is 0 Å². The van der Waals surface area contributed by atoms with E-state index in [1.807, 2.05) is 18.4 Å². The summed E-state index contributed by atoms with van der Waals surface area (Å²) in [7, 11) is 1.96. The minimum absolute atomic E-state index is 0. The van der Waals surface area contributed by atoms with Crippen molar-refractivity contribution in [1.82, 2.24) is 5.32 Å². The van der Waals surface area contributed by atoms with E-state index < -0.39 is 0 Å². The van der Waals surface area contributed by atoms with Crippen molar-refractivity contribution in [2.45, 2.75) is 12.5 Å². The van der Waals surface area contributed by atoms with Crippen LogP contribution in [0.1, 0.15) is 16.5 Å². The summed E-state index contributed by atoms with van der Waals surface area (Å²) in [6.45, 7) is 1.80. The zero-order chi connectivity index (χ0) is 8.39. The first kappa shape index (κ1) is 11.0. The summed E-state index contributed by atoms with van der Waals surface area (Å²) in [6.07, 6.45) is 1.37. The molecular formula is C9H14ClNOS. The molecule has 2 heterocycles. The number of fused-ring (bicyclic) bond motifs is 1. The first-order valence-corrected chi connectivity index (χ1v) is 5.12. The summed E-state index contributed by atoms with van der Waals surface area (Å²) in [5.41, 5.74) is 1.39. The van der Waals surface area contributed by atoms with E-state index in [4.69, 9.17) is 4.74 Å². The number of hydrogen-bond donors (Lipinski definition) is 1. The standard InChI is InChI=1S/C9H13NOS.ClH/c1-10-6-8-7-3-5-12-9(7)2-4-11-8;/h3,5,8,10H,2,4,6H2,1H3;1H. The van der Waals surface area contributed by atoms with Crippen molar-refractivity contribution in [2.24, 2.45) is 0 Å². The van der Waals surface area contributed by atoms with Crippen LogP contribution in [-0.2, 0) is 11.2 Å². The van der Waals surface area contributed by atoms with E-state index in [0.29, 0.717) is 0 Å². The van der Waals surface area contributed by atoms with Crippen LogP contribution < -0.4 is 5.32 Å². The van der Waals surface area contributed by atoms with Gasteiger partial charge in [-0.3, -0.25) is 0 Å². The van der Waals surface area contributed by atoms with Crippen molar-refractivity contribution >= 4 is 23.7 Å². The molecule has 0 amide bonds. The highest BCUT2D eigenvalue weighted by atomic mass is 35.5. The van der Waals surface area contributed by atoms with Gasteiger partial charge in [-0.05, 0) is 24.1 Å². The molecule has 1 aliphatic rings. The molecule has 0 saturated carbocycles. The number of rotatable bonds is 2. The van der Waals surface area contributed by atoms with Crippen molar-refractivity contribution in [2.75, 3.05) is 20.2 Å². The first-order chi connectivity index (χ1) is 5.92. The van der Waals surface area contributed by atoms with Crippen LogP contribution in [0.25, 0.3) is 0 Å². The summed E-state index contributed by atoms with van der Waals surface area (Å²) in [6, 6.07) is 2.18. The van der Waals surface area contributed by atoms with E-state index >= 15 is 0 Å². The number of nitrogens with one attached hydrogen (secondary N) is 1. The van der Waals surface area contributed by atoms with Crippen molar-refractivity contribution in [3.05, 3.63) is 21.9 Å². The second-order valence-corrected chi connectivity index (χ2v) is 3.97. The minimum Gasteiger partial charge on any atom is -0.372 e. The van der Waals surface area contributed by atoms with Gasteiger partial charge in [0, 0.05) is 17.8 Å². The van der Waals surface area contributed by atoms with Gasteiger partial charge in [-0.2, -0.15) is 0 Å². The van der Waals surface area contributed by atoms with Crippen molar-refractivity contribution in [1.29, 1.82) is 0 Å². The summed E-state index contributed by atoms with van der Waals surface area (Å²) < 4.78 is 5.65. The van der Waals surface area contributed by atoms with Gasteiger partial charge in [-0.1, -0.05) is 0 Å². The lowest BCUT2D eigenvalue weighted by Gasteiger charge is -2.22. The normalized spacial score (nSPS) is 20.5. The van der Waals surface area contributed by atoms with Gasteiger partial charge in [-0.25, -0.2) is 0 Å². The predicted molar refractivity (Wildman–Crippen MR) is 57.9 cm³/mol. The topological polar surface area (TPSA) is 21.3 Å². The number of likely N-dealkylation sites (N-methyl/N-ethyl adjacent to an activating group) is 1. The van der Waals surface area contributed by atoms with Gasteiger partial charge in [-0.15, -0.1) is 23.7 Å². The van der Waals surface area contributed by atoms with Crippen molar-refractivity contribution in [3.8, 4) is 0 Å². The maximum atomic E-state index is 5.65. The Morgan fingerprint density at radius 3 is 3.31 bits per heavy atom. The van der Waals surface area contributed by atoms with Crippen LogP contribution in [0.4, 0.5) is 0 Å². The Morgan fingerprint density at radius 2 is 2.54 bits per heavy atom. The van der Waals surface area contributed by atoms with E-state index in [1.54, 1.807) is 0 Å². The third kappa shape index (κ3) is 2.23. The maximum Gasteiger partial charge on any atom is 0.0959 e. The van der Waals surface area contributed by atoms with Gasteiger partial charge >= 0.3 is 0 Å². The molecule has 74 valence electrons. The molecule has 1 atom stereocenters. The molecule has 4 heteroatoms. The Bertz CT molecular complexity index is 264. The molecule has 0 bridgehead atoms. The molecule has 1 aromatic heterocycles. The molecule has 1 aromatic rings.